The molecule has 8 nitrogen and oxygen atoms in total. The van der Waals surface area contributed by atoms with E-state index in [1.54, 1.807) is 12.1 Å². The molecule has 1 saturated heterocycles. The lowest BCUT2D eigenvalue weighted by Crippen LogP contribution is -2.27. The molecule has 3 rings (SSSR count). The third-order valence-corrected chi connectivity index (χ3v) is 6.01. The lowest BCUT2D eigenvalue weighted by atomic mass is 10.2. The topological polar surface area (TPSA) is 110 Å². The normalized spacial score (nSPS) is 14.9. The monoisotopic (exact) mass is 375 g/mol. The Kier molecular flexibility index (Phi) is 5.01. The molecule has 2 aromatic carbocycles. The number of hydrogen-bond donors (Lipinski definition) is 1. The molecular weight excluding hydrogens is 358 g/mol. The first-order chi connectivity index (χ1) is 12.4. The molecule has 2 aromatic rings. The van der Waals surface area contributed by atoms with Gasteiger partial charge < -0.3 is 5.32 Å². The van der Waals surface area contributed by atoms with Gasteiger partial charge >= 0.3 is 0 Å². The average Bonchev–Trinajstić information content (AvgIpc) is 3.17. The highest BCUT2D eigenvalue weighted by Gasteiger charge is 2.27. The first-order valence-corrected chi connectivity index (χ1v) is 9.48. The molecule has 0 bridgehead atoms. The van der Waals surface area contributed by atoms with Gasteiger partial charge in [-0.25, -0.2) is 8.42 Å². The minimum atomic E-state index is -3.59. The summed E-state index contributed by atoms with van der Waals surface area (Å²) >= 11 is 0. The van der Waals surface area contributed by atoms with Crippen LogP contribution in [0.5, 0.6) is 0 Å². The molecular formula is C17H17N3O5S. The number of anilines is 1. The molecule has 1 aliphatic heterocycles. The smallest absolute Gasteiger partial charge is 0.270 e. The molecule has 1 heterocycles. The number of carbonyl (C=O) groups is 1. The molecule has 0 aromatic heterocycles. The van der Waals surface area contributed by atoms with Crippen molar-refractivity contribution in [1.29, 1.82) is 0 Å². The minimum Gasteiger partial charge on any atom is -0.322 e. The van der Waals surface area contributed by atoms with E-state index in [1.807, 2.05) is 0 Å². The number of nitro benzene ring substituents is 1. The second kappa shape index (κ2) is 7.22. The summed E-state index contributed by atoms with van der Waals surface area (Å²) in [7, 11) is -3.59. The minimum absolute atomic E-state index is 0.108. The highest BCUT2D eigenvalue weighted by molar-refractivity contribution is 7.89. The first-order valence-electron chi connectivity index (χ1n) is 8.04. The van der Waals surface area contributed by atoms with Gasteiger partial charge in [0.2, 0.25) is 10.0 Å². The zero-order chi connectivity index (χ0) is 18.7. The van der Waals surface area contributed by atoms with E-state index in [4.69, 9.17) is 0 Å². The Morgan fingerprint density at radius 3 is 2.46 bits per heavy atom. The maximum Gasteiger partial charge on any atom is 0.270 e. The van der Waals surface area contributed by atoms with Crippen LogP contribution in [0.25, 0.3) is 0 Å². The van der Waals surface area contributed by atoms with E-state index in [0.29, 0.717) is 18.8 Å². The number of sulfonamides is 1. The molecule has 1 N–H and O–H groups in total. The van der Waals surface area contributed by atoms with Crippen LogP contribution < -0.4 is 5.32 Å². The first kappa shape index (κ1) is 18.0. The molecule has 0 unspecified atom stereocenters. The Balaban J connectivity index is 1.81. The number of carbonyl (C=O) groups excluding carboxylic acids is 1. The predicted octanol–water partition coefficient (Wildman–Crippen LogP) is 2.63. The van der Waals surface area contributed by atoms with Crippen molar-refractivity contribution in [1.82, 2.24) is 4.31 Å². The molecule has 1 amide bonds. The Morgan fingerprint density at radius 1 is 1.08 bits per heavy atom. The molecule has 136 valence electrons. The number of nitrogens with zero attached hydrogens (tertiary/aromatic N) is 2. The van der Waals surface area contributed by atoms with Crippen molar-refractivity contribution in [2.24, 2.45) is 0 Å². The number of amides is 1. The van der Waals surface area contributed by atoms with Gasteiger partial charge in [-0.3, -0.25) is 14.9 Å². The molecule has 9 heteroatoms. The molecule has 0 aliphatic carbocycles. The zero-order valence-corrected chi connectivity index (χ0v) is 14.6. The van der Waals surface area contributed by atoms with Gasteiger partial charge in [-0.05, 0) is 37.1 Å². The summed E-state index contributed by atoms with van der Waals surface area (Å²) in [5, 5.41) is 13.4. The van der Waals surface area contributed by atoms with E-state index in [0.717, 1.165) is 12.8 Å². The van der Waals surface area contributed by atoms with Crippen molar-refractivity contribution < 1.29 is 18.1 Å². The summed E-state index contributed by atoms with van der Waals surface area (Å²) in [6.07, 6.45) is 1.67. The third-order valence-electron chi connectivity index (χ3n) is 4.11. The lowest BCUT2D eigenvalue weighted by Gasteiger charge is -2.16. The summed E-state index contributed by atoms with van der Waals surface area (Å²) in [6, 6.07) is 11.3. The largest absolute Gasteiger partial charge is 0.322 e. The Labute approximate surface area is 150 Å². The fourth-order valence-corrected chi connectivity index (χ4v) is 4.34. The highest BCUT2D eigenvalue weighted by atomic mass is 32.2. The number of benzene rings is 2. The molecule has 26 heavy (non-hydrogen) atoms. The van der Waals surface area contributed by atoms with Crippen LogP contribution in [0.1, 0.15) is 23.2 Å². The van der Waals surface area contributed by atoms with Crippen LogP contribution in [-0.2, 0) is 10.0 Å². The summed E-state index contributed by atoms with van der Waals surface area (Å²) in [6.45, 7) is 0.985. The molecule has 0 saturated carbocycles. The fourth-order valence-electron chi connectivity index (χ4n) is 2.78. The van der Waals surface area contributed by atoms with Gasteiger partial charge in [0.1, 0.15) is 0 Å². The molecule has 1 aliphatic rings. The van der Waals surface area contributed by atoms with Gasteiger partial charge in [-0.2, -0.15) is 4.31 Å². The Bertz CT molecular complexity index is 952. The zero-order valence-electron chi connectivity index (χ0n) is 13.8. The Morgan fingerprint density at radius 2 is 1.77 bits per heavy atom. The van der Waals surface area contributed by atoms with Crippen LogP contribution in [0, 0.1) is 10.1 Å². The van der Waals surface area contributed by atoms with Gasteiger partial charge in [0.15, 0.2) is 0 Å². The van der Waals surface area contributed by atoms with Crippen LogP contribution in [-0.4, -0.2) is 36.6 Å². The van der Waals surface area contributed by atoms with Crippen LogP contribution in [0.4, 0.5) is 11.4 Å². The number of nitrogens with one attached hydrogen (secondary N) is 1. The predicted molar refractivity (Wildman–Crippen MR) is 95.5 cm³/mol. The molecule has 0 spiro atoms. The summed E-state index contributed by atoms with van der Waals surface area (Å²) in [5.74, 6) is -0.551. The van der Waals surface area contributed by atoms with Crippen LogP contribution in [0.3, 0.4) is 0 Å². The van der Waals surface area contributed by atoms with E-state index >= 15 is 0 Å². The van der Waals surface area contributed by atoms with Gasteiger partial charge in [0.05, 0.1) is 9.82 Å². The van der Waals surface area contributed by atoms with E-state index in [1.165, 1.54) is 40.7 Å². The van der Waals surface area contributed by atoms with Crippen molar-refractivity contribution in [3.05, 3.63) is 64.2 Å². The van der Waals surface area contributed by atoms with Crippen LogP contribution in [0.15, 0.2) is 53.4 Å². The maximum atomic E-state index is 12.6. The lowest BCUT2D eigenvalue weighted by molar-refractivity contribution is -0.384. The molecule has 0 radical (unpaired) electrons. The van der Waals surface area contributed by atoms with E-state index in [-0.39, 0.29) is 16.1 Å². The van der Waals surface area contributed by atoms with E-state index < -0.39 is 20.9 Å². The van der Waals surface area contributed by atoms with Crippen LogP contribution >= 0.6 is 0 Å². The Hall–Kier alpha value is -2.78. The standard InChI is InChI=1S/C17H17N3O5S/c21-17(13-5-3-7-15(11-13)20(22)23)18-14-6-4-8-16(12-14)26(24,25)19-9-1-2-10-19/h3-8,11-12H,1-2,9-10H2,(H,18,21). The highest BCUT2D eigenvalue weighted by Crippen LogP contribution is 2.23. The number of nitro groups is 1. The fraction of sp³-hybridized carbons (Fsp3) is 0.235. The maximum absolute atomic E-state index is 12.6. The van der Waals surface area contributed by atoms with E-state index in [2.05, 4.69) is 5.32 Å². The van der Waals surface area contributed by atoms with Crippen molar-refractivity contribution in [2.45, 2.75) is 17.7 Å². The van der Waals surface area contributed by atoms with Crippen molar-refractivity contribution >= 4 is 27.3 Å². The van der Waals surface area contributed by atoms with Crippen LogP contribution in [0.2, 0.25) is 0 Å². The number of hydrogen-bond acceptors (Lipinski definition) is 5. The SMILES string of the molecule is O=C(Nc1cccc(S(=O)(=O)N2CCCC2)c1)c1cccc([N+](=O)[O-])c1. The van der Waals surface area contributed by atoms with Crippen molar-refractivity contribution in [3.63, 3.8) is 0 Å². The van der Waals surface area contributed by atoms with Crippen molar-refractivity contribution in [2.75, 3.05) is 18.4 Å². The second-order valence-corrected chi connectivity index (χ2v) is 7.84. The summed E-state index contributed by atoms with van der Waals surface area (Å²) < 4.78 is 26.6. The third kappa shape index (κ3) is 3.73. The van der Waals surface area contributed by atoms with Gasteiger partial charge in [-0.1, -0.05) is 12.1 Å². The van der Waals surface area contributed by atoms with Gasteiger partial charge in [0, 0.05) is 36.5 Å². The summed E-state index contributed by atoms with van der Waals surface area (Å²) in [4.78, 5) is 22.7. The van der Waals surface area contributed by atoms with E-state index in [9.17, 15) is 23.3 Å². The second-order valence-electron chi connectivity index (χ2n) is 5.90. The van der Waals surface area contributed by atoms with Crippen molar-refractivity contribution in [3.8, 4) is 0 Å². The quantitative estimate of drug-likeness (QED) is 0.638. The van der Waals surface area contributed by atoms with Gasteiger partial charge in [0.25, 0.3) is 11.6 Å². The number of rotatable bonds is 5. The summed E-state index contributed by atoms with van der Waals surface area (Å²) in [5.41, 5.74) is 0.233. The molecule has 1 fully saturated rings. The van der Waals surface area contributed by atoms with Gasteiger partial charge in [-0.15, -0.1) is 0 Å². The molecule has 0 atom stereocenters. The number of non-ortho nitro benzene ring substituents is 1. The average molecular weight is 375 g/mol.